The van der Waals surface area contributed by atoms with E-state index in [1.165, 1.54) is 18.2 Å². The minimum Gasteiger partial charge on any atom is -0.368 e. The summed E-state index contributed by atoms with van der Waals surface area (Å²) in [5.74, 6) is -0.449. The number of aromatic nitrogens is 1. The van der Waals surface area contributed by atoms with Crippen molar-refractivity contribution in [2.75, 3.05) is 42.9 Å². The summed E-state index contributed by atoms with van der Waals surface area (Å²) in [6.45, 7) is 4.83. The fourth-order valence-corrected chi connectivity index (χ4v) is 3.90. The Labute approximate surface area is 178 Å². The van der Waals surface area contributed by atoms with E-state index in [-0.39, 0.29) is 12.2 Å². The summed E-state index contributed by atoms with van der Waals surface area (Å²) < 4.78 is 39.4. The van der Waals surface area contributed by atoms with E-state index in [1.807, 2.05) is 30.0 Å². The molecular weight excluding hydrogens is 405 g/mol. The maximum absolute atomic E-state index is 13.1. The monoisotopic (exact) mass is 428 g/mol. The number of nitrogens with zero attached hydrogens (tertiary/aromatic N) is 3. The molecular formula is C23H23F3N4O. The van der Waals surface area contributed by atoms with E-state index in [0.29, 0.717) is 13.1 Å². The van der Waals surface area contributed by atoms with Crippen LogP contribution in [0.4, 0.5) is 24.5 Å². The number of amides is 1. The van der Waals surface area contributed by atoms with Crippen LogP contribution in [0.5, 0.6) is 0 Å². The van der Waals surface area contributed by atoms with E-state index in [0.717, 1.165) is 41.3 Å². The Kier molecular flexibility index (Phi) is 5.82. The molecule has 8 heteroatoms. The molecule has 0 aliphatic carbocycles. The predicted molar refractivity (Wildman–Crippen MR) is 115 cm³/mol. The molecule has 31 heavy (non-hydrogen) atoms. The molecule has 2 heterocycles. The number of benzene rings is 2. The molecule has 5 nitrogen and oxygen atoms in total. The van der Waals surface area contributed by atoms with E-state index >= 15 is 0 Å². The zero-order valence-electron chi connectivity index (χ0n) is 17.1. The number of nitrogens with one attached hydrogen (secondary N) is 1. The first kappa shape index (κ1) is 21.1. The molecule has 3 aromatic rings. The number of carbonyl (C=O) groups excluding carboxylic acids is 1. The van der Waals surface area contributed by atoms with Gasteiger partial charge in [0.1, 0.15) is 0 Å². The van der Waals surface area contributed by atoms with Crippen molar-refractivity contribution in [1.29, 1.82) is 0 Å². The van der Waals surface area contributed by atoms with Gasteiger partial charge in [-0.15, -0.1) is 0 Å². The molecule has 1 saturated heterocycles. The van der Waals surface area contributed by atoms with Gasteiger partial charge in [-0.25, -0.2) is 0 Å². The molecule has 1 aromatic heterocycles. The molecule has 0 saturated carbocycles. The minimum atomic E-state index is -4.51. The summed E-state index contributed by atoms with van der Waals surface area (Å²) in [6, 6.07) is 13.2. The number of para-hydroxylation sites is 1. The van der Waals surface area contributed by atoms with Gasteiger partial charge in [-0.1, -0.05) is 23.8 Å². The van der Waals surface area contributed by atoms with Gasteiger partial charge in [0.25, 0.3) is 0 Å². The lowest BCUT2D eigenvalue weighted by Crippen LogP contribution is -2.48. The van der Waals surface area contributed by atoms with E-state index in [1.54, 1.807) is 6.20 Å². The van der Waals surface area contributed by atoms with Crippen LogP contribution in [0.2, 0.25) is 0 Å². The van der Waals surface area contributed by atoms with Crippen molar-refractivity contribution in [1.82, 2.24) is 9.88 Å². The minimum absolute atomic E-state index is 0.0518. The van der Waals surface area contributed by atoms with Gasteiger partial charge in [0.05, 0.1) is 23.3 Å². The van der Waals surface area contributed by atoms with Gasteiger partial charge in [0, 0.05) is 43.4 Å². The van der Waals surface area contributed by atoms with Crippen molar-refractivity contribution in [2.45, 2.75) is 13.1 Å². The number of alkyl halides is 3. The zero-order valence-corrected chi connectivity index (χ0v) is 17.1. The fourth-order valence-electron chi connectivity index (χ4n) is 3.90. The van der Waals surface area contributed by atoms with Crippen molar-refractivity contribution in [3.8, 4) is 0 Å². The molecule has 162 valence electrons. The number of fused-ring (bicyclic) bond motifs is 1. The third-order valence-corrected chi connectivity index (χ3v) is 5.46. The first-order chi connectivity index (χ1) is 14.8. The molecule has 0 atom stereocenters. The topological polar surface area (TPSA) is 48.5 Å². The molecule has 0 spiro atoms. The third-order valence-electron chi connectivity index (χ3n) is 5.46. The Bertz CT molecular complexity index is 1090. The van der Waals surface area contributed by atoms with Crippen LogP contribution in [-0.2, 0) is 11.0 Å². The van der Waals surface area contributed by atoms with Crippen molar-refractivity contribution in [3.63, 3.8) is 0 Å². The quantitative estimate of drug-likeness (QED) is 0.672. The number of rotatable bonds is 4. The largest absolute Gasteiger partial charge is 0.418 e. The van der Waals surface area contributed by atoms with Crippen LogP contribution < -0.4 is 10.2 Å². The number of hydrogen-bond donors (Lipinski definition) is 1. The Morgan fingerprint density at radius 1 is 1.06 bits per heavy atom. The molecule has 0 unspecified atom stereocenters. The van der Waals surface area contributed by atoms with Crippen molar-refractivity contribution in [2.24, 2.45) is 0 Å². The molecule has 1 aliphatic heterocycles. The summed E-state index contributed by atoms with van der Waals surface area (Å²) in [5, 5.41) is 3.51. The number of hydrogen-bond acceptors (Lipinski definition) is 4. The zero-order chi connectivity index (χ0) is 22.0. The highest BCUT2D eigenvalue weighted by molar-refractivity contribution is 5.93. The molecule has 0 bridgehead atoms. The maximum atomic E-state index is 13.1. The van der Waals surface area contributed by atoms with Crippen LogP contribution in [0.15, 0.2) is 54.7 Å². The highest BCUT2D eigenvalue weighted by Crippen LogP contribution is 2.34. The predicted octanol–water partition coefficient (Wildman–Crippen LogP) is 4.32. The second-order valence-electron chi connectivity index (χ2n) is 7.71. The Hall–Kier alpha value is -3.13. The summed E-state index contributed by atoms with van der Waals surface area (Å²) in [7, 11) is 0. The van der Waals surface area contributed by atoms with Gasteiger partial charge in [-0.05, 0) is 37.3 Å². The summed E-state index contributed by atoms with van der Waals surface area (Å²) >= 11 is 0. The molecule has 1 N–H and O–H groups in total. The van der Waals surface area contributed by atoms with Crippen LogP contribution in [-0.4, -0.2) is 48.5 Å². The van der Waals surface area contributed by atoms with Gasteiger partial charge in [0.15, 0.2) is 0 Å². The van der Waals surface area contributed by atoms with E-state index in [2.05, 4.69) is 21.3 Å². The Balaban J connectivity index is 1.38. The second kappa shape index (κ2) is 8.55. The van der Waals surface area contributed by atoms with E-state index in [9.17, 15) is 18.0 Å². The van der Waals surface area contributed by atoms with Crippen LogP contribution in [0.25, 0.3) is 10.9 Å². The van der Waals surface area contributed by atoms with E-state index < -0.39 is 17.6 Å². The molecule has 0 radical (unpaired) electrons. The molecule has 1 fully saturated rings. The summed E-state index contributed by atoms with van der Waals surface area (Å²) in [4.78, 5) is 21.0. The molecule has 4 rings (SSSR count). The standard InChI is InChI=1S/C23H23F3N4O/c1-16-6-7-19-17(14-16)21(8-9-27-19)30-12-10-29(11-13-30)15-22(31)28-20-5-3-2-4-18(20)23(24,25)26/h2-9,14H,10-13,15H2,1H3,(H,28,31). The van der Waals surface area contributed by atoms with Crippen LogP contribution in [0.1, 0.15) is 11.1 Å². The first-order valence-corrected chi connectivity index (χ1v) is 10.1. The Morgan fingerprint density at radius 3 is 2.55 bits per heavy atom. The number of aryl methyl sites for hydroxylation is 1. The lowest BCUT2D eigenvalue weighted by atomic mass is 10.1. The number of anilines is 2. The fraction of sp³-hybridized carbons (Fsp3) is 0.304. The molecule has 1 aliphatic rings. The normalized spacial score (nSPS) is 15.3. The average molecular weight is 428 g/mol. The highest BCUT2D eigenvalue weighted by Gasteiger charge is 2.33. The number of pyridine rings is 1. The van der Waals surface area contributed by atoms with Gasteiger partial charge < -0.3 is 10.2 Å². The first-order valence-electron chi connectivity index (χ1n) is 10.1. The SMILES string of the molecule is Cc1ccc2nccc(N3CCN(CC(=O)Nc4ccccc4C(F)(F)F)CC3)c2c1. The molecule has 2 aromatic carbocycles. The smallest absolute Gasteiger partial charge is 0.368 e. The molecule has 1 amide bonds. The Morgan fingerprint density at radius 2 is 1.81 bits per heavy atom. The average Bonchev–Trinajstić information content (AvgIpc) is 2.73. The van der Waals surface area contributed by atoms with Gasteiger partial charge in [0.2, 0.25) is 5.91 Å². The second-order valence-corrected chi connectivity index (χ2v) is 7.71. The van der Waals surface area contributed by atoms with Crippen LogP contribution in [0.3, 0.4) is 0 Å². The van der Waals surface area contributed by atoms with Gasteiger partial charge >= 0.3 is 6.18 Å². The van der Waals surface area contributed by atoms with Crippen molar-refractivity contribution >= 4 is 28.2 Å². The highest BCUT2D eigenvalue weighted by atomic mass is 19.4. The van der Waals surface area contributed by atoms with Gasteiger partial charge in [-0.2, -0.15) is 13.2 Å². The van der Waals surface area contributed by atoms with E-state index in [4.69, 9.17) is 0 Å². The number of carbonyl (C=O) groups is 1. The summed E-state index contributed by atoms with van der Waals surface area (Å²) in [6.07, 6.45) is -2.72. The lowest BCUT2D eigenvalue weighted by molar-refractivity contribution is -0.137. The lowest BCUT2D eigenvalue weighted by Gasteiger charge is -2.36. The maximum Gasteiger partial charge on any atom is 0.418 e. The van der Waals surface area contributed by atoms with Crippen LogP contribution >= 0.6 is 0 Å². The third kappa shape index (κ3) is 4.80. The van der Waals surface area contributed by atoms with Crippen molar-refractivity contribution < 1.29 is 18.0 Å². The van der Waals surface area contributed by atoms with Crippen molar-refractivity contribution in [3.05, 3.63) is 65.9 Å². The summed E-state index contributed by atoms with van der Waals surface area (Å²) in [5.41, 5.74) is 2.16. The van der Waals surface area contributed by atoms with Crippen LogP contribution in [0, 0.1) is 6.92 Å². The number of piperazine rings is 1. The number of halogens is 3. The van der Waals surface area contributed by atoms with Gasteiger partial charge in [-0.3, -0.25) is 14.7 Å².